The second-order valence-electron chi connectivity index (χ2n) is 13.5. The van der Waals surface area contributed by atoms with Crippen LogP contribution >= 0.6 is 0 Å². The highest BCUT2D eigenvalue weighted by atomic mass is 16.1. The Bertz CT molecular complexity index is 469. The van der Waals surface area contributed by atoms with Crippen LogP contribution in [0.1, 0.15) is 227 Å². The SMILES string of the molecule is CCCCCCCCCCCCCCCCCCC(CCCCC)CCCCCCCCC(C)CCC(C)=O. The van der Waals surface area contributed by atoms with Crippen LogP contribution in [0, 0.1) is 11.8 Å². The summed E-state index contributed by atoms with van der Waals surface area (Å²) in [6.45, 7) is 8.69. The Hall–Kier alpha value is -0.330. The van der Waals surface area contributed by atoms with Crippen molar-refractivity contribution in [1.82, 2.24) is 0 Å². The van der Waals surface area contributed by atoms with Crippen molar-refractivity contribution in [1.29, 1.82) is 0 Å². The quantitative estimate of drug-likeness (QED) is 0.0745. The minimum Gasteiger partial charge on any atom is -0.300 e. The van der Waals surface area contributed by atoms with Crippen molar-refractivity contribution in [2.24, 2.45) is 11.8 Å². The minimum absolute atomic E-state index is 0.352. The van der Waals surface area contributed by atoms with Crippen LogP contribution in [0.3, 0.4) is 0 Å². The second kappa shape index (κ2) is 32.2. The third-order valence-electron chi connectivity index (χ3n) is 9.23. The molecule has 0 fully saturated rings. The number of Topliss-reactive ketones (excluding diaryl/α,β-unsaturated/α-hetero) is 1. The van der Waals surface area contributed by atoms with E-state index in [0.29, 0.717) is 5.78 Å². The molecule has 39 heavy (non-hydrogen) atoms. The van der Waals surface area contributed by atoms with Crippen molar-refractivity contribution in [3.63, 3.8) is 0 Å². The lowest BCUT2D eigenvalue weighted by Gasteiger charge is -2.17. The highest BCUT2D eigenvalue weighted by Crippen LogP contribution is 2.25. The van der Waals surface area contributed by atoms with Gasteiger partial charge in [-0.25, -0.2) is 0 Å². The molecule has 0 saturated carbocycles. The fourth-order valence-electron chi connectivity index (χ4n) is 6.32. The summed E-state index contributed by atoms with van der Waals surface area (Å²) in [7, 11) is 0. The van der Waals surface area contributed by atoms with E-state index in [0.717, 1.165) is 24.7 Å². The number of hydrogen-bond acceptors (Lipinski definition) is 1. The number of hydrogen-bond donors (Lipinski definition) is 0. The molecule has 0 saturated heterocycles. The highest BCUT2D eigenvalue weighted by Gasteiger charge is 2.09. The maximum Gasteiger partial charge on any atom is 0.129 e. The molecule has 0 amide bonds. The number of carbonyl (C=O) groups is 1. The van der Waals surface area contributed by atoms with E-state index in [1.807, 2.05) is 0 Å². The van der Waals surface area contributed by atoms with Crippen LogP contribution < -0.4 is 0 Å². The topological polar surface area (TPSA) is 17.1 Å². The Morgan fingerprint density at radius 2 is 0.692 bits per heavy atom. The van der Waals surface area contributed by atoms with Crippen LogP contribution in [0.25, 0.3) is 0 Å². The van der Waals surface area contributed by atoms with E-state index >= 15 is 0 Å². The van der Waals surface area contributed by atoms with E-state index < -0.39 is 0 Å². The standard InChI is InChI=1S/C38H76O/c1-5-7-9-10-11-12-13-14-15-16-17-18-19-20-24-28-32-38(31-26-8-6-2)33-29-25-22-21-23-27-30-36(3)34-35-37(4)39/h36,38H,5-35H2,1-4H3. The monoisotopic (exact) mass is 549 g/mol. The van der Waals surface area contributed by atoms with Gasteiger partial charge in [-0.05, 0) is 25.2 Å². The van der Waals surface area contributed by atoms with Gasteiger partial charge < -0.3 is 4.79 Å². The molecule has 0 spiro atoms. The summed E-state index contributed by atoms with van der Waals surface area (Å²) in [6.07, 6.45) is 43.9. The van der Waals surface area contributed by atoms with Crippen LogP contribution in [-0.4, -0.2) is 5.78 Å². The summed E-state index contributed by atoms with van der Waals surface area (Å²) in [5.74, 6) is 2.08. The van der Waals surface area contributed by atoms with Crippen LogP contribution in [0.15, 0.2) is 0 Å². The molecule has 0 aliphatic carbocycles. The predicted octanol–water partition coefficient (Wildman–Crippen LogP) is 14.0. The Kier molecular flexibility index (Phi) is 31.9. The molecule has 0 bridgehead atoms. The van der Waals surface area contributed by atoms with E-state index in [2.05, 4.69) is 20.8 Å². The molecule has 0 aromatic carbocycles. The summed E-state index contributed by atoms with van der Waals surface area (Å²) in [5.41, 5.74) is 0. The van der Waals surface area contributed by atoms with Gasteiger partial charge in [0, 0.05) is 6.42 Å². The van der Waals surface area contributed by atoms with Gasteiger partial charge in [-0.1, -0.05) is 207 Å². The fraction of sp³-hybridized carbons (Fsp3) is 0.974. The average Bonchev–Trinajstić information content (AvgIpc) is 2.92. The van der Waals surface area contributed by atoms with E-state index in [4.69, 9.17) is 0 Å². The Balaban J connectivity index is 3.62. The van der Waals surface area contributed by atoms with Crippen LogP contribution in [0.2, 0.25) is 0 Å². The first kappa shape index (κ1) is 38.7. The minimum atomic E-state index is 0.352. The van der Waals surface area contributed by atoms with Crippen molar-refractivity contribution < 1.29 is 4.79 Å². The van der Waals surface area contributed by atoms with Crippen LogP contribution in [0.4, 0.5) is 0 Å². The molecule has 2 atom stereocenters. The van der Waals surface area contributed by atoms with Gasteiger partial charge in [0.2, 0.25) is 0 Å². The van der Waals surface area contributed by atoms with Gasteiger partial charge in [0.1, 0.15) is 5.78 Å². The Morgan fingerprint density at radius 1 is 0.410 bits per heavy atom. The van der Waals surface area contributed by atoms with E-state index in [9.17, 15) is 4.79 Å². The molecule has 0 aromatic rings. The highest BCUT2D eigenvalue weighted by molar-refractivity contribution is 5.75. The lowest BCUT2D eigenvalue weighted by molar-refractivity contribution is -0.117. The van der Waals surface area contributed by atoms with Crippen LogP contribution in [0.5, 0.6) is 0 Å². The molecule has 0 rings (SSSR count). The zero-order valence-corrected chi connectivity index (χ0v) is 28.0. The molecule has 1 heteroatoms. The number of ketones is 1. The third kappa shape index (κ3) is 32.1. The summed E-state index contributed by atoms with van der Waals surface area (Å²) < 4.78 is 0. The first-order valence-corrected chi connectivity index (χ1v) is 18.6. The summed E-state index contributed by atoms with van der Waals surface area (Å²) >= 11 is 0. The molecule has 0 N–H and O–H groups in total. The summed E-state index contributed by atoms with van der Waals surface area (Å²) in [5, 5.41) is 0. The number of unbranched alkanes of at least 4 members (excludes halogenated alkanes) is 22. The maximum absolute atomic E-state index is 11.1. The van der Waals surface area contributed by atoms with Gasteiger partial charge in [-0.15, -0.1) is 0 Å². The van der Waals surface area contributed by atoms with Crippen molar-refractivity contribution in [2.75, 3.05) is 0 Å². The van der Waals surface area contributed by atoms with Gasteiger partial charge in [-0.3, -0.25) is 0 Å². The Labute approximate surface area is 248 Å². The molecule has 2 unspecified atom stereocenters. The van der Waals surface area contributed by atoms with Gasteiger partial charge in [0.05, 0.1) is 0 Å². The molecule has 0 aliphatic heterocycles. The Morgan fingerprint density at radius 3 is 1.05 bits per heavy atom. The first-order chi connectivity index (χ1) is 19.1. The molecule has 0 heterocycles. The molecular weight excluding hydrogens is 472 g/mol. The molecular formula is C38H76O. The number of rotatable bonds is 33. The van der Waals surface area contributed by atoms with E-state index in [-0.39, 0.29) is 0 Å². The van der Waals surface area contributed by atoms with Gasteiger partial charge in [-0.2, -0.15) is 0 Å². The lowest BCUT2D eigenvalue weighted by Crippen LogP contribution is -2.01. The van der Waals surface area contributed by atoms with Gasteiger partial charge in [0.15, 0.2) is 0 Å². The normalized spacial score (nSPS) is 13.1. The molecule has 0 radical (unpaired) electrons. The summed E-state index contributed by atoms with van der Waals surface area (Å²) in [4.78, 5) is 11.1. The van der Waals surface area contributed by atoms with Crippen molar-refractivity contribution in [3.8, 4) is 0 Å². The smallest absolute Gasteiger partial charge is 0.129 e. The van der Waals surface area contributed by atoms with Crippen molar-refractivity contribution in [2.45, 2.75) is 227 Å². The first-order valence-electron chi connectivity index (χ1n) is 18.6. The zero-order chi connectivity index (χ0) is 28.7. The third-order valence-corrected chi connectivity index (χ3v) is 9.23. The largest absolute Gasteiger partial charge is 0.300 e. The molecule has 1 nitrogen and oxygen atoms in total. The second-order valence-corrected chi connectivity index (χ2v) is 13.5. The maximum atomic E-state index is 11.1. The average molecular weight is 549 g/mol. The van der Waals surface area contributed by atoms with Crippen LogP contribution in [-0.2, 0) is 4.79 Å². The zero-order valence-electron chi connectivity index (χ0n) is 28.0. The van der Waals surface area contributed by atoms with E-state index in [1.54, 1.807) is 6.92 Å². The van der Waals surface area contributed by atoms with Crippen molar-refractivity contribution in [3.05, 3.63) is 0 Å². The van der Waals surface area contributed by atoms with Gasteiger partial charge in [0.25, 0.3) is 0 Å². The summed E-state index contributed by atoms with van der Waals surface area (Å²) in [6, 6.07) is 0. The molecule has 0 aromatic heterocycles. The molecule has 0 aliphatic rings. The van der Waals surface area contributed by atoms with Gasteiger partial charge >= 0.3 is 0 Å². The number of carbonyl (C=O) groups excluding carboxylic acids is 1. The fourth-order valence-corrected chi connectivity index (χ4v) is 6.32. The van der Waals surface area contributed by atoms with E-state index in [1.165, 1.54) is 186 Å². The van der Waals surface area contributed by atoms with Crippen molar-refractivity contribution >= 4 is 5.78 Å². The predicted molar refractivity (Wildman–Crippen MR) is 178 cm³/mol. The lowest BCUT2D eigenvalue weighted by atomic mass is 9.89. The molecule has 234 valence electrons.